The van der Waals surface area contributed by atoms with Crippen molar-refractivity contribution in [3.63, 3.8) is 0 Å². The normalized spacial score (nSPS) is 21.8. The molecule has 4 N–H and O–H groups in total. The summed E-state index contributed by atoms with van der Waals surface area (Å²) in [7, 11) is 0. The summed E-state index contributed by atoms with van der Waals surface area (Å²) in [5.74, 6) is -3.05. The van der Waals surface area contributed by atoms with Crippen LogP contribution in [-0.2, 0) is 38.7 Å². The van der Waals surface area contributed by atoms with E-state index in [4.69, 9.17) is 0 Å². The number of carbonyl (C=O) groups is 5. The first-order valence-corrected chi connectivity index (χ1v) is 23.6. The molecule has 1 spiro atoms. The van der Waals surface area contributed by atoms with E-state index in [0.29, 0.717) is 78.8 Å². The van der Waals surface area contributed by atoms with E-state index in [1.54, 1.807) is 33.0 Å². The number of thiazole rings is 1. The van der Waals surface area contributed by atoms with Crippen molar-refractivity contribution < 1.29 is 42.3 Å². The van der Waals surface area contributed by atoms with Gasteiger partial charge in [-0.05, 0) is 72.9 Å². The van der Waals surface area contributed by atoms with Gasteiger partial charge in [0, 0.05) is 97.3 Å². The monoisotopic (exact) mass is 948 g/mol. The topological polar surface area (TPSA) is 185 Å². The highest BCUT2D eigenvalue weighted by Crippen LogP contribution is 2.44. The fourth-order valence-corrected chi connectivity index (χ4v) is 11.3. The van der Waals surface area contributed by atoms with Crippen molar-refractivity contribution in [2.24, 2.45) is 5.41 Å². The van der Waals surface area contributed by atoms with E-state index >= 15 is 8.78 Å². The highest BCUT2D eigenvalue weighted by atomic mass is 32.1. The minimum atomic E-state index is -1.25. The maximum Gasteiger partial charge on any atom is 0.255 e. The summed E-state index contributed by atoms with van der Waals surface area (Å²) < 4.78 is 47.3. The second kappa shape index (κ2) is 16.8. The van der Waals surface area contributed by atoms with Gasteiger partial charge in [0.15, 0.2) is 11.2 Å². The van der Waals surface area contributed by atoms with Crippen molar-refractivity contribution in [1.82, 2.24) is 29.7 Å². The summed E-state index contributed by atoms with van der Waals surface area (Å²) in [6.45, 7) is 3.30. The molecule has 4 fully saturated rings. The van der Waals surface area contributed by atoms with Crippen LogP contribution in [0, 0.1) is 17.0 Å². The van der Waals surface area contributed by atoms with E-state index in [-0.39, 0.29) is 66.4 Å². The van der Waals surface area contributed by atoms with Crippen molar-refractivity contribution in [1.29, 1.82) is 0 Å². The van der Waals surface area contributed by atoms with Crippen LogP contribution in [0.5, 0.6) is 0 Å². The molecule has 5 aromatic rings. The molecule has 5 amide bonds. The molecule has 1 unspecified atom stereocenters. The average Bonchev–Trinajstić information content (AvgIpc) is 4.08. The lowest BCUT2D eigenvalue weighted by atomic mass is 9.72. The number of fused-ring (bicyclic) bond motifs is 2. The quantitative estimate of drug-likeness (QED) is 0.133. The standard InChI is InChI=1S/C48H47F3N10O6S/c49-29-17-38-41(53-26-58(38)20-29)42(44(65)56-46-52-11-14-68-46)61-21-33-32(45(61)66)15-28(16-34(33)50)27-1-4-31(5-2-27)59-22-47(23-59)24-60(25-47)40(63)19-48(67)9-12-57(13-10-48)37-7-3-30(18-35(37)51)54-36-6-8-39(62)55-43(36)64/h1-5,7,11,14-16,18,26,29,36,42,54,67H,6,8-10,12-13,17,19-25H2,(H,52,56,65)(H,55,62,64)/t29-,36+,42?/m1/s1. The molecule has 6 aliphatic rings. The Balaban J connectivity index is 0.678. The number of nitrogens with zero attached hydrogens (tertiary/aromatic N) is 7. The van der Waals surface area contributed by atoms with E-state index in [1.165, 1.54) is 40.9 Å². The largest absolute Gasteiger partial charge is 0.389 e. The Morgan fingerprint density at radius 2 is 1.72 bits per heavy atom. The third-order valence-corrected chi connectivity index (χ3v) is 15.0. The Kier molecular flexibility index (Phi) is 10.8. The number of alkyl halides is 1. The predicted molar refractivity (Wildman–Crippen MR) is 244 cm³/mol. The highest BCUT2D eigenvalue weighted by molar-refractivity contribution is 7.13. The number of benzene rings is 3. The number of likely N-dealkylation sites (tertiary alicyclic amines) is 1. The lowest BCUT2D eigenvalue weighted by Gasteiger charge is -2.61. The molecule has 0 saturated carbocycles. The molecule has 3 aromatic carbocycles. The van der Waals surface area contributed by atoms with Crippen LogP contribution < -0.4 is 25.8 Å². The Hall–Kier alpha value is -6.80. The zero-order valence-corrected chi connectivity index (χ0v) is 37.5. The molecule has 6 aliphatic heterocycles. The first-order valence-electron chi connectivity index (χ1n) is 22.7. The molecule has 8 heterocycles. The van der Waals surface area contributed by atoms with Crippen LogP contribution in [0.1, 0.15) is 65.5 Å². The van der Waals surface area contributed by atoms with Crippen LogP contribution in [0.4, 0.5) is 35.4 Å². The van der Waals surface area contributed by atoms with Crippen LogP contribution in [0.3, 0.4) is 0 Å². The summed E-state index contributed by atoms with van der Waals surface area (Å²) in [5.41, 5.74) is 2.78. The number of amides is 5. The number of aromatic nitrogens is 3. The maximum atomic E-state index is 15.9. The van der Waals surface area contributed by atoms with Gasteiger partial charge in [-0.15, -0.1) is 11.3 Å². The zero-order valence-electron chi connectivity index (χ0n) is 36.7. The van der Waals surface area contributed by atoms with Gasteiger partial charge in [-0.25, -0.2) is 23.1 Å². The van der Waals surface area contributed by atoms with E-state index in [9.17, 15) is 33.5 Å². The van der Waals surface area contributed by atoms with Crippen molar-refractivity contribution >= 4 is 63.1 Å². The molecule has 2 aromatic heterocycles. The number of piperidine rings is 2. The maximum absolute atomic E-state index is 15.9. The fraction of sp³-hybridized carbons (Fsp3) is 0.396. The molecule has 11 rings (SSSR count). The number of nitrogens with one attached hydrogen (secondary N) is 3. The van der Waals surface area contributed by atoms with Gasteiger partial charge in [-0.2, -0.15) is 0 Å². The number of hydrogen-bond donors (Lipinski definition) is 4. The molecule has 4 saturated heterocycles. The Labute approximate surface area is 392 Å². The lowest BCUT2D eigenvalue weighted by Crippen LogP contribution is -2.73. The first kappa shape index (κ1) is 43.8. The van der Waals surface area contributed by atoms with Gasteiger partial charge < -0.3 is 34.6 Å². The van der Waals surface area contributed by atoms with Crippen LogP contribution in [0.15, 0.2) is 72.5 Å². The molecule has 20 heteroatoms. The van der Waals surface area contributed by atoms with Crippen molar-refractivity contribution in [2.75, 3.05) is 59.7 Å². The number of hydrogen-bond acceptors (Lipinski definition) is 12. The summed E-state index contributed by atoms with van der Waals surface area (Å²) in [4.78, 5) is 80.7. The molecule has 0 bridgehead atoms. The Morgan fingerprint density at radius 3 is 2.44 bits per heavy atom. The molecule has 3 atom stereocenters. The molecule has 16 nitrogen and oxygen atoms in total. The Bertz CT molecular complexity index is 2860. The zero-order chi connectivity index (χ0) is 47.1. The molecular formula is C48H47F3N10O6S. The molecule has 0 radical (unpaired) electrons. The third-order valence-electron chi connectivity index (χ3n) is 14.4. The number of halogens is 3. The molecule has 68 heavy (non-hydrogen) atoms. The van der Waals surface area contributed by atoms with Crippen LogP contribution in [0.25, 0.3) is 11.1 Å². The fourth-order valence-electron chi connectivity index (χ4n) is 10.7. The van der Waals surface area contributed by atoms with Crippen molar-refractivity contribution in [3.8, 4) is 11.1 Å². The van der Waals surface area contributed by atoms with E-state index in [2.05, 4.69) is 30.8 Å². The number of imidazole rings is 1. The van der Waals surface area contributed by atoms with Crippen LogP contribution in [-0.4, -0.2) is 116 Å². The molecule has 0 aliphatic carbocycles. The number of anilines is 4. The average molecular weight is 949 g/mol. The van der Waals surface area contributed by atoms with Crippen molar-refractivity contribution in [3.05, 3.63) is 107 Å². The first-order chi connectivity index (χ1) is 32.7. The lowest BCUT2D eigenvalue weighted by molar-refractivity contribution is -0.151. The minimum absolute atomic E-state index is 0.0112. The van der Waals surface area contributed by atoms with Crippen molar-refractivity contribution in [2.45, 2.75) is 75.5 Å². The summed E-state index contributed by atoms with van der Waals surface area (Å²) in [6.07, 6.45) is 3.02. The Morgan fingerprint density at radius 1 is 0.941 bits per heavy atom. The third kappa shape index (κ3) is 8.01. The van der Waals surface area contributed by atoms with Gasteiger partial charge in [0.1, 0.15) is 23.8 Å². The second-order valence-electron chi connectivity index (χ2n) is 19.0. The van der Waals surface area contributed by atoms with Gasteiger partial charge in [0.05, 0.1) is 42.8 Å². The number of rotatable bonds is 11. The SMILES string of the molecule is O=C1CC[C@H](Nc2ccc(N3CCC(O)(CC(=O)N4CC5(C4)CN(c4ccc(-c6cc(F)c7c(c6)C(=O)N(C(C(=O)Nc6nccs6)c6ncn8c6C[C@@H](F)C8)C7)cc4)C5)CC3)c(F)c2)C(=O)N1. The minimum Gasteiger partial charge on any atom is -0.389 e. The van der Waals surface area contributed by atoms with Gasteiger partial charge >= 0.3 is 0 Å². The highest BCUT2D eigenvalue weighted by Gasteiger charge is 2.54. The van der Waals surface area contributed by atoms with Gasteiger partial charge in [-0.3, -0.25) is 34.6 Å². The smallest absolute Gasteiger partial charge is 0.255 e. The predicted octanol–water partition coefficient (Wildman–Crippen LogP) is 4.80. The summed E-state index contributed by atoms with van der Waals surface area (Å²) in [5, 5.41) is 21.5. The van der Waals surface area contributed by atoms with E-state index in [0.717, 1.165) is 18.8 Å². The number of carbonyl (C=O) groups excluding carboxylic acids is 5. The summed E-state index contributed by atoms with van der Waals surface area (Å²) in [6, 6.07) is 13.4. The summed E-state index contributed by atoms with van der Waals surface area (Å²) >= 11 is 1.21. The van der Waals surface area contributed by atoms with Crippen LogP contribution in [0.2, 0.25) is 0 Å². The van der Waals surface area contributed by atoms with E-state index in [1.807, 2.05) is 29.2 Å². The van der Waals surface area contributed by atoms with Gasteiger partial charge in [-0.1, -0.05) is 12.1 Å². The number of aliphatic hydroxyl groups is 1. The van der Waals surface area contributed by atoms with Gasteiger partial charge in [0.25, 0.3) is 11.8 Å². The molecular weight excluding hydrogens is 902 g/mol. The molecule has 352 valence electrons. The van der Waals surface area contributed by atoms with E-state index < -0.39 is 53.2 Å². The second-order valence-corrected chi connectivity index (χ2v) is 19.9. The van der Waals surface area contributed by atoms with Crippen LogP contribution >= 0.6 is 11.3 Å². The number of imide groups is 1. The van der Waals surface area contributed by atoms with Gasteiger partial charge in [0.2, 0.25) is 17.7 Å².